The number of hydrogen-bond donors (Lipinski definition) is 1. The summed E-state index contributed by atoms with van der Waals surface area (Å²) in [6.45, 7) is 3.83. The Bertz CT molecular complexity index is 1070. The van der Waals surface area contributed by atoms with Crippen molar-refractivity contribution in [3.63, 3.8) is 0 Å². The van der Waals surface area contributed by atoms with Gasteiger partial charge in [-0.2, -0.15) is 0 Å². The molecule has 7 heteroatoms. The van der Waals surface area contributed by atoms with Gasteiger partial charge in [0, 0.05) is 16.6 Å². The molecule has 1 aromatic carbocycles. The molecule has 1 amide bonds. The van der Waals surface area contributed by atoms with Crippen molar-refractivity contribution in [2.24, 2.45) is 0 Å². The Kier molecular flexibility index (Phi) is 3.77. The Balaban J connectivity index is 1.68. The normalized spacial score (nSPS) is 11.0. The summed E-state index contributed by atoms with van der Waals surface area (Å²) in [7, 11) is 0. The molecule has 0 atom stereocenters. The number of nitrogens with zero attached hydrogens (tertiary/aromatic N) is 3. The molecule has 0 spiro atoms. The molecule has 0 aliphatic heterocycles. The van der Waals surface area contributed by atoms with E-state index in [-0.39, 0.29) is 5.91 Å². The first-order valence-corrected chi connectivity index (χ1v) is 8.54. The summed E-state index contributed by atoms with van der Waals surface area (Å²) in [5.41, 5.74) is 4.08. The highest BCUT2D eigenvalue weighted by atomic mass is 32.1. The lowest BCUT2D eigenvalue weighted by molar-refractivity contribution is 0.102. The number of amides is 1. The average molecular weight is 350 g/mol. The Labute approximate surface area is 147 Å². The van der Waals surface area contributed by atoms with Crippen LogP contribution in [0.2, 0.25) is 0 Å². The highest BCUT2D eigenvalue weighted by molar-refractivity contribution is 7.09. The van der Waals surface area contributed by atoms with Crippen LogP contribution in [0.15, 0.2) is 46.4 Å². The molecule has 4 aromatic rings. The van der Waals surface area contributed by atoms with Crippen LogP contribution < -0.4 is 5.32 Å². The van der Waals surface area contributed by atoms with Gasteiger partial charge in [0.05, 0.1) is 22.3 Å². The average Bonchev–Trinajstić information content (AvgIpc) is 3.22. The van der Waals surface area contributed by atoms with Gasteiger partial charge in [-0.1, -0.05) is 5.16 Å². The number of anilines is 1. The van der Waals surface area contributed by atoms with Gasteiger partial charge in [0.1, 0.15) is 11.4 Å². The molecule has 0 fully saturated rings. The largest absolute Gasteiger partial charge is 0.356 e. The summed E-state index contributed by atoms with van der Waals surface area (Å²) < 4.78 is 5.35. The number of carbonyl (C=O) groups excluding carboxylic acids is 1. The third kappa shape index (κ3) is 3.01. The van der Waals surface area contributed by atoms with E-state index in [0.29, 0.717) is 22.5 Å². The second kappa shape index (κ2) is 6.10. The maximum absolute atomic E-state index is 12.5. The van der Waals surface area contributed by atoms with Crippen molar-refractivity contribution < 1.29 is 9.32 Å². The highest BCUT2D eigenvalue weighted by Crippen LogP contribution is 2.29. The van der Waals surface area contributed by atoms with E-state index in [1.165, 1.54) is 0 Å². The molecule has 4 rings (SSSR count). The Morgan fingerprint density at radius 3 is 2.80 bits per heavy atom. The Morgan fingerprint density at radius 2 is 2.08 bits per heavy atom. The number of thiazole rings is 1. The van der Waals surface area contributed by atoms with Crippen LogP contribution in [0.4, 0.5) is 5.69 Å². The molecule has 1 N–H and O–H groups in total. The van der Waals surface area contributed by atoms with Crippen molar-refractivity contribution in [3.8, 4) is 11.4 Å². The van der Waals surface area contributed by atoms with E-state index in [0.717, 1.165) is 21.8 Å². The molecule has 0 saturated heterocycles. The zero-order valence-corrected chi connectivity index (χ0v) is 14.4. The fourth-order valence-corrected chi connectivity index (χ4v) is 3.08. The van der Waals surface area contributed by atoms with Gasteiger partial charge in [0.2, 0.25) is 0 Å². The van der Waals surface area contributed by atoms with E-state index in [9.17, 15) is 4.79 Å². The smallest absolute Gasteiger partial charge is 0.255 e. The monoisotopic (exact) mass is 350 g/mol. The minimum Gasteiger partial charge on any atom is -0.356 e. The number of carbonyl (C=O) groups is 1. The van der Waals surface area contributed by atoms with Crippen LogP contribution >= 0.6 is 11.3 Å². The lowest BCUT2D eigenvalue weighted by atomic mass is 10.1. The third-order valence-corrected chi connectivity index (χ3v) is 4.54. The molecule has 124 valence electrons. The molecule has 0 aliphatic carbocycles. The fraction of sp³-hybridized carbons (Fsp3) is 0.111. The maximum Gasteiger partial charge on any atom is 0.255 e. The fourth-order valence-electron chi connectivity index (χ4n) is 2.48. The second-order valence-electron chi connectivity index (χ2n) is 5.64. The first-order valence-electron chi connectivity index (χ1n) is 7.66. The summed E-state index contributed by atoms with van der Waals surface area (Å²) in [4.78, 5) is 21.1. The summed E-state index contributed by atoms with van der Waals surface area (Å²) in [5.74, 6) is -0.214. The molecule has 0 radical (unpaired) electrons. The minimum atomic E-state index is -0.214. The Hall–Kier alpha value is -3.06. The second-order valence-corrected chi connectivity index (χ2v) is 6.70. The molecule has 0 saturated carbocycles. The van der Waals surface area contributed by atoms with E-state index in [1.807, 2.05) is 31.4 Å². The van der Waals surface area contributed by atoms with Gasteiger partial charge in [-0.15, -0.1) is 11.3 Å². The van der Waals surface area contributed by atoms with Crippen LogP contribution in [0.1, 0.15) is 21.1 Å². The first-order chi connectivity index (χ1) is 12.1. The van der Waals surface area contributed by atoms with Crippen LogP contribution in [0, 0.1) is 13.8 Å². The van der Waals surface area contributed by atoms with Crippen molar-refractivity contribution in [3.05, 3.63) is 58.2 Å². The van der Waals surface area contributed by atoms with Crippen LogP contribution in [-0.4, -0.2) is 21.0 Å². The molecular formula is C18H14N4O2S. The van der Waals surface area contributed by atoms with Gasteiger partial charge in [0.25, 0.3) is 5.91 Å². The van der Waals surface area contributed by atoms with Crippen molar-refractivity contribution in [1.82, 2.24) is 15.1 Å². The summed E-state index contributed by atoms with van der Waals surface area (Å²) in [5, 5.41) is 10.6. The Morgan fingerprint density at radius 1 is 1.20 bits per heavy atom. The summed E-state index contributed by atoms with van der Waals surface area (Å²) in [6, 6.07) is 8.89. The molecule has 6 nitrogen and oxygen atoms in total. The number of nitrogens with one attached hydrogen (secondary N) is 1. The minimum absolute atomic E-state index is 0.214. The lowest BCUT2D eigenvalue weighted by Crippen LogP contribution is -2.11. The van der Waals surface area contributed by atoms with Crippen LogP contribution in [0.25, 0.3) is 22.4 Å². The SMILES string of the molecule is Cc1ccc(NC(=O)c2ccc3onc(-c4csc(C)n4)c3c2)cn1. The number of aromatic nitrogens is 3. The van der Waals surface area contributed by atoms with E-state index < -0.39 is 0 Å². The first kappa shape index (κ1) is 15.5. The topological polar surface area (TPSA) is 80.9 Å². The number of benzene rings is 1. The van der Waals surface area contributed by atoms with Crippen molar-refractivity contribution >= 4 is 33.9 Å². The number of fused-ring (bicyclic) bond motifs is 1. The van der Waals surface area contributed by atoms with Crippen LogP contribution in [-0.2, 0) is 0 Å². The van der Waals surface area contributed by atoms with Gasteiger partial charge < -0.3 is 9.84 Å². The molecule has 25 heavy (non-hydrogen) atoms. The van der Waals surface area contributed by atoms with Crippen molar-refractivity contribution in [2.45, 2.75) is 13.8 Å². The van der Waals surface area contributed by atoms with Gasteiger partial charge in [0.15, 0.2) is 5.58 Å². The molecule has 3 heterocycles. The number of rotatable bonds is 3. The van der Waals surface area contributed by atoms with E-state index in [2.05, 4.69) is 20.4 Å². The predicted molar refractivity (Wildman–Crippen MR) is 96.8 cm³/mol. The maximum atomic E-state index is 12.5. The standard InChI is InChI=1S/C18H14N4O2S/c1-10-3-5-13(8-19-10)21-18(23)12-4-6-16-14(7-12)17(22-24-16)15-9-25-11(2)20-15/h3-9H,1-2H3,(H,21,23). The van der Waals surface area contributed by atoms with Crippen molar-refractivity contribution in [2.75, 3.05) is 5.32 Å². The van der Waals surface area contributed by atoms with Gasteiger partial charge in [-0.05, 0) is 44.2 Å². The predicted octanol–water partition coefficient (Wildman–Crippen LogP) is 4.22. The molecule has 0 bridgehead atoms. The molecule has 0 unspecified atom stereocenters. The zero-order chi connectivity index (χ0) is 17.4. The van der Waals surface area contributed by atoms with E-state index >= 15 is 0 Å². The van der Waals surface area contributed by atoms with Crippen LogP contribution in [0.5, 0.6) is 0 Å². The number of aryl methyl sites for hydroxylation is 2. The zero-order valence-electron chi connectivity index (χ0n) is 13.6. The van der Waals surface area contributed by atoms with Gasteiger partial charge in [-0.25, -0.2) is 4.98 Å². The molecule has 0 aliphatic rings. The van der Waals surface area contributed by atoms with Crippen molar-refractivity contribution in [1.29, 1.82) is 0 Å². The quantitative estimate of drug-likeness (QED) is 0.598. The molecule has 3 aromatic heterocycles. The summed E-state index contributed by atoms with van der Waals surface area (Å²) in [6.07, 6.45) is 1.63. The van der Waals surface area contributed by atoms with Gasteiger partial charge >= 0.3 is 0 Å². The number of pyridine rings is 1. The summed E-state index contributed by atoms with van der Waals surface area (Å²) >= 11 is 1.55. The van der Waals surface area contributed by atoms with Gasteiger partial charge in [-0.3, -0.25) is 9.78 Å². The molecular weight excluding hydrogens is 336 g/mol. The highest BCUT2D eigenvalue weighted by Gasteiger charge is 2.16. The lowest BCUT2D eigenvalue weighted by Gasteiger charge is -2.05. The van der Waals surface area contributed by atoms with E-state index in [1.54, 1.807) is 35.7 Å². The number of hydrogen-bond acceptors (Lipinski definition) is 6. The third-order valence-electron chi connectivity index (χ3n) is 3.76. The van der Waals surface area contributed by atoms with E-state index in [4.69, 9.17) is 4.52 Å². The van der Waals surface area contributed by atoms with Crippen LogP contribution in [0.3, 0.4) is 0 Å².